The molecule has 0 aromatic heterocycles. The fraction of sp³-hybridized carbons (Fsp3) is 0.276. The number of benzene rings is 3. The number of nitrogens with one attached hydrogen (secondary N) is 4. The first-order valence-electron chi connectivity index (χ1n) is 12.5. The first kappa shape index (κ1) is 25.9. The average molecular weight is 501 g/mol. The maximum absolute atomic E-state index is 12.4. The minimum atomic E-state index is -0.229. The van der Waals surface area contributed by atoms with Gasteiger partial charge in [-0.3, -0.25) is 14.4 Å². The van der Waals surface area contributed by atoms with Crippen molar-refractivity contribution in [2.75, 3.05) is 35.6 Å². The predicted molar refractivity (Wildman–Crippen MR) is 145 cm³/mol. The summed E-state index contributed by atoms with van der Waals surface area (Å²) >= 11 is 0. The third kappa shape index (κ3) is 8.47. The highest BCUT2D eigenvalue weighted by Crippen LogP contribution is 2.16. The van der Waals surface area contributed by atoms with Gasteiger partial charge in [-0.25, -0.2) is 0 Å². The molecule has 1 saturated heterocycles. The van der Waals surface area contributed by atoms with Crippen LogP contribution in [0.25, 0.3) is 0 Å². The third-order valence-electron chi connectivity index (χ3n) is 6.03. The van der Waals surface area contributed by atoms with E-state index >= 15 is 0 Å². The Balaban J connectivity index is 1.19. The molecule has 8 nitrogen and oxygen atoms in total. The lowest BCUT2D eigenvalue weighted by Crippen LogP contribution is -2.31. The maximum atomic E-state index is 12.4. The number of aryl methyl sites for hydroxylation is 1. The van der Waals surface area contributed by atoms with E-state index in [0.29, 0.717) is 42.0 Å². The van der Waals surface area contributed by atoms with Crippen molar-refractivity contribution in [3.05, 3.63) is 90.0 Å². The lowest BCUT2D eigenvalue weighted by Gasteiger charge is -2.12. The Morgan fingerprint density at radius 1 is 0.811 bits per heavy atom. The van der Waals surface area contributed by atoms with E-state index in [1.165, 1.54) is 0 Å². The maximum Gasteiger partial charge on any atom is 0.251 e. The Morgan fingerprint density at radius 3 is 2.32 bits per heavy atom. The van der Waals surface area contributed by atoms with Gasteiger partial charge in [-0.2, -0.15) is 0 Å². The van der Waals surface area contributed by atoms with Crippen molar-refractivity contribution in [3.63, 3.8) is 0 Å². The Morgan fingerprint density at radius 2 is 1.57 bits per heavy atom. The second kappa shape index (κ2) is 13.2. The molecule has 1 fully saturated rings. The molecule has 1 heterocycles. The predicted octanol–water partition coefficient (Wildman–Crippen LogP) is 4.22. The Bertz CT molecular complexity index is 1190. The van der Waals surface area contributed by atoms with E-state index in [9.17, 15) is 14.4 Å². The van der Waals surface area contributed by atoms with Crippen molar-refractivity contribution in [2.45, 2.75) is 31.8 Å². The summed E-state index contributed by atoms with van der Waals surface area (Å²) < 4.78 is 5.52. The SMILES string of the molecule is O=C(CCc1ccccc1)Nc1cccc(NCC(=O)Nc2ccc(C(=O)NCC3CCCO3)cc2)c1. The smallest absolute Gasteiger partial charge is 0.251 e. The van der Waals surface area contributed by atoms with Crippen LogP contribution in [0, 0.1) is 0 Å². The number of carbonyl (C=O) groups excluding carboxylic acids is 3. The zero-order valence-electron chi connectivity index (χ0n) is 20.7. The molecule has 3 aromatic rings. The molecule has 37 heavy (non-hydrogen) atoms. The molecule has 0 radical (unpaired) electrons. The summed E-state index contributed by atoms with van der Waals surface area (Å²) in [5.41, 5.74) is 3.62. The van der Waals surface area contributed by atoms with Crippen molar-refractivity contribution >= 4 is 34.8 Å². The Labute approximate surface area is 216 Å². The van der Waals surface area contributed by atoms with Crippen molar-refractivity contribution in [3.8, 4) is 0 Å². The van der Waals surface area contributed by atoms with Gasteiger partial charge in [0.05, 0.1) is 12.6 Å². The molecule has 1 atom stereocenters. The van der Waals surface area contributed by atoms with Gasteiger partial charge in [-0.05, 0) is 67.3 Å². The summed E-state index contributed by atoms with van der Waals surface area (Å²) in [6.07, 6.45) is 3.14. The van der Waals surface area contributed by atoms with Crippen LogP contribution < -0.4 is 21.3 Å². The summed E-state index contributed by atoms with van der Waals surface area (Å²) in [5.74, 6) is -0.460. The van der Waals surface area contributed by atoms with Crippen LogP contribution in [-0.4, -0.2) is 43.5 Å². The minimum absolute atomic E-state index is 0.0506. The molecule has 3 amide bonds. The van der Waals surface area contributed by atoms with E-state index in [1.807, 2.05) is 48.5 Å². The van der Waals surface area contributed by atoms with Crippen LogP contribution in [0.15, 0.2) is 78.9 Å². The van der Waals surface area contributed by atoms with Gasteiger partial charge in [-0.15, -0.1) is 0 Å². The lowest BCUT2D eigenvalue weighted by atomic mass is 10.1. The zero-order chi connectivity index (χ0) is 25.9. The molecule has 1 aliphatic heterocycles. The van der Waals surface area contributed by atoms with Crippen molar-refractivity contribution in [2.24, 2.45) is 0 Å². The van der Waals surface area contributed by atoms with E-state index in [4.69, 9.17) is 4.74 Å². The highest BCUT2D eigenvalue weighted by molar-refractivity contribution is 5.97. The fourth-order valence-electron chi connectivity index (χ4n) is 4.04. The molecule has 0 saturated carbocycles. The molecule has 0 aliphatic carbocycles. The molecule has 1 unspecified atom stereocenters. The normalized spacial score (nSPS) is 14.5. The average Bonchev–Trinajstić information content (AvgIpc) is 3.44. The monoisotopic (exact) mass is 500 g/mol. The van der Waals surface area contributed by atoms with E-state index < -0.39 is 0 Å². The van der Waals surface area contributed by atoms with Gasteiger partial charge < -0.3 is 26.0 Å². The zero-order valence-corrected chi connectivity index (χ0v) is 20.7. The van der Waals surface area contributed by atoms with Crippen molar-refractivity contribution < 1.29 is 19.1 Å². The highest BCUT2D eigenvalue weighted by atomic mass is 16.5. The number of hydrogen-bond donors (Lipinski definition) is 4. The standard InChI is InChI=1S/C29H32N4O4/c34-27(16-11-21-6-2-1-3-7-21)33-25-9-4-8-24(18-25)30-20-28(35)32-23-14-12-22(13-15-23)29(36)31-19-26-10-5-17-37-26/h1-4,6-9,12-15,18,26,30H,5,10-11,16-17,19-20H2,(H,31,36)(H,32,35)(H,33,34). The molecule has 1 aliphatic rings. The van der Waals surface area contributed by atoms with Gasteiger partial charge in [-0.1, -0.05) is 36.4 Å². The van der Waals surface area contributed by atoms with Gasteiger partial charge in [0.25, 0.3) is 5.91 Å². The van der Waals surface area contributed by atoms with Crippen molar-refractivity contribution in [1.82, 2.24) is 5.32 Å². The van der Waals surface area contributed by atoms with Gasteiger partial charge in [0.15, 0.2) is 0 Å². The summed E-state index contributed by atoms with van der Waals surface area (Å²) in [5, 5.41) is 11.7. The van der Waals surface area contributed by atoms with E-state index in [0.717, 1.165) is 25.0 Å². The van der Waals surface area contributed by atoms with Crippen LogP contribution in [0.2, 0.25) is 0 Å². The quantitative estimate of drug-likeness (QED) is 0.315. The van der Waals surface area contributed by atoms with Crippen molar-refractivity contribution in [1.29, 1.82) is 0 Å². The number of hydrogen-bond acceptors (Lipinski definition) is 5. The number of ether oxygens (including phenoxy) is 1. The van der Waals surface area contributed by atoms with Crippen LogP contribution in [0.3, 0.4) is 0 Å². The highest BCUT2D eigenvalue weighted by Gasteiger charge is 2.16. The Kier molecular flexibility index (Phi) is 9.26. The van der Waals surface area contributed by atoms with Gasteiger partial charge >= 0.3 is 0 Å². The lowest BCUT2D eigenvalue weighted by molar-refractivity contribution is -0.116. The van der Waals surface area contributed by atoms with E-state index in [-0.39, 0.29) is 30.4 Å². The largest absolute Gasteiger partial charge is 0.376 e. The van der Waals surface area contributed by atoms with Gasteiger partial charge in [0.2, 0.25) is 11.8 Å². The second-order valence-electron chi connectivity index (χ2n) is 8.94. The van der Waals surface area contributed by atoms with Crippen LogP contribution >= 0.6 is 0 Å². The summed E-state index contributed by atoms with van der Waals surface area (Å²) in [7, 11) is 0. The first-order valence-corrected chi connectivity index (χ1v) is 12.5. The Hall–Kier alpha value is -4.17. The van der Waals surface area contributed by atoms with Crippen LogP contribution in [0.1, 0.15) is 35.2 Å². The van der Waals surface area contributed by atoms with Crippen LogP contribution in [0.5, 0.6) is 0 Å². The second-order valence-corrected chi connectivity index (χ2v) is 8.94. The number of rotatable bonds is 11. The third-order valence-corrected chi connectivity index (χ3v) is 6.03. The number of carbonyl (C=O) groups is 3. The molecule has 0 spiro atoms. The summed E-state index contributed by atoms with van der Waals surface area (Å²) in [6.45, 7) is 1.30. The molecule has 3 aromatic carbocycles. The number of anilines is 3. The molecule has 4 rings (SSSR count). The van der Waals surface area contributed by atoms with E-state index in [1.54, 1.807) is 30.3 Å². The molecule has 192 valence electrons. The topological polar surface area (TPSA) is 109 Å². The molecule has 4 N–H and O–H groups in total. The molecule has 0 bridgehead atoms. The fourth-order valence-corrected chi connectivity index (χ4v) is 4.04. The molecular formula is C29H32N4O4. The first-order chi connectivity index (χ1) is 18.0. The summed E-state index contributed by atoms with van der Waals surface area (Å²) in [6, 6.07) is 23.9. The minimum Gasteiger partial charge on any atom is -0.376 e. The van der Waals surface area contributed by atoms with Crippen LogP contribution in [0.4, 0.5) is 17.1 Å². The summed E-state index contributed by atoms with van der Waals surface area (Å²) in [4.78, 5) is 37.0. The van der Waals surface area contributed by atoms with Gasteiger partial charge in [0, 0.05) is 42.2 Å². The van der Waals surface area contributed by atoms with E-state index in [2.05, 4.69) is 21.3 Å². The van der Waals surface area contributed by atoms with Crippen LogP contribution in [-0.2, 0) is 20.7 Å². The molecular weight excluding hydrogens is 468 g/mol. The van der Waals surface area contributed by atoms with Gasteiger partial charge in [0.1, 0.15) is 0 Å². The number of amides is 3. The molecule has 8 heteroatoms.